The minimum atomic E-state index is -1.51. The van der Waals surface area contributed by atoms with Gasteiger partial charge in [0.1, 0.15) is 22.3 Å². The SMILES string of the molecule is OB(O)c1cccc2c1oc1ccccc12.[2H]c1c([2H])c([2H])c2c(-c3cccc4c3oc3ccccc34)c3c([2H])c([2H])c([2H])c([2H])c3c(-c3cccc4ccccc34)c2c1[2H].[2H]c1c([2H])c([2H])c2c(-c3cccc4ccccc34)c3c([2H])c([2H])c([2H])c([2H])c3c(Br)c2c1[2H]. The van der Waals surface area contributed by atoms with Gasteiger partial charge < -0.3 is 18.9 Å². The molecule has 16 aromatic rings. The Morgan fingerprint density at radius 1 is 0.308 bits per heavy atom. The lowest BCUT2D eigenvalue weighted by molar-refractivity contribution is 0.425. The molecule has 0 aliphatic rings. The van der Waals surface area contributed by atoms with E-state index in [1.54, 1.807) is 18.2 Å². The van der Waals surface area contributed by atoms with Gasteiger partial charge in [-0.05, 0) is 115 Å². The number of hydrogen-bond donors (Lipinski definition) is 2. The van der Waals surface area contributed by atoms with E-state index in [0.717, 1.165) is 48.7 Å². The summed E-state index contributed by atoms with van der Waals surface area (Å²) in [6.07, 6.45) is 0. The molecule has 0 fully saturated rings. The molecule has 0 radical (unpaired) electrons. The van der Waals surface area contributed by atoms with Gasteiger partial charge in [0.2, 0.25) is 0 Å². The number of para-hydroxylation sites is 4. The predicted molar refractivity (Wildman–Crippen MR) is 333 cm³/mol. The standard InChI is InChI=1S/C36H22O.C24H15Br.C12H9BO3/c1-2-13-24-23(11-1)12-9-19-26(24)34-27-15-3-5-17-29(27)35(30-18-6-4-16-28(30)34)32-21-10-20-31-25-14-7-8-22-33(25)37-36(31)32;25-24-21-13-5-3-11-19(21)23(20-12-4-6-14-22(20)24)18-15-7-9-16-8-1-2-10-17(16)18;14-13(15)10-6-3-5-9-8-4-1-2-7-11(8)16-12(9)10/h1-22H;1-15H;1-7,14-15H/i3D,4D,5D,6D,15D,16D,17D,18D;3D,4D,5D,6D,11D,12D,13D,14D;. The molecule has 2 heterocycles. The maximum Gasteiger partial charge on any atom is 0.492 e. The van der Waals surface area contributed by atoms with Crippen molar-refractivity contribution in [3.8, 4) is 33.4 Å². The van der Waals surface area contributed by atoms with E-state index < -0.39 is 55.5 Å². The number of rotatable bonds is 4. The first kappa shape index (κ1) is 33.0. The average Bonchev–Trinajstić information content (AvgIpc) is 0.829. The summed E-state index contributed by atoms with van der Waals surface area (Å²) in [5, 5.41) is 26.9. The van der Waals surface area contributed by atoms with Gasteiger partial charge in [-0.15, -0.1) is 0 Å². The molecule has 0 saturated heterocycles. The van der Waals surface area contributed by atoms with Crippen molar-refractivity contribution in [3.05, 3.63) is 271 Å². The van der Waals surface area contributed by atoms with Crippen LogP contribution < -0.4 is 5.46 Å². The van der Waals surface area contributed by atoms with Crippen molar-refractivity contribution in [2.45, 2.75) is 0 Å². The highest BCUT2D eigenvalue weighted by Gasteiger charge is 2.22. The summed E-state index contributed by atoms with van der Waals surface area (Å²) in [5.41, 5.74) is 5.44. The van der Waals surface area contributed by atoms with Gasteiger partial charge in [-0.2, -0.15) is 0 Å². The van der Waals surface area contributed by atoms with E-state index >= 15 is 0 Å². The van der Waals surface area contributed by atoms with Gasteiger partial charge in [0, 0.05) is 42.6 Å². The fraction of sp³-hybridized carbons (Fsp3) is 0. The fourth-order valence-electron chi connectivity index (χ4n) is 10.8. The topological polar surface area (TPSA) is 66.7 Å². The first-order valence-electron chi connectivity index (χ1n) is 32.8. The Morgan fingerprint density at radius 2 is 0.628 bits per heavy atom. The van der Waals surface area contributed by atoms with Gasteiger partial charge in [-0.25, -0.2) is 0 Å². The normalized spacial score (nSPS) is 14.4. The third-order valence-electron chi connectivity index (χ3n) is 14.2. The van der Waals surface area contributed by atoms with Crippen molar-refractivity contribution in [2.75, 3.05) is 0 Å². The zero-order valence-electron chi connectivity index (χ0n) is 56.8. The lowest BCUT2D eigenvalue weighted by Gasteiger charge is -2.18. The van der Waals surface area contributed by atoms with Crippen molar-refractivity contribution in [3.63, 3.8) is 0 Å². The quantitative estimate of drug-likeness (QED) is 0.136. The van der Waals surface area contributed by atoms with Gasteiger partial charge in [-0.1, -0.05) is 254 Å². The molecule has 16 rings (SSSR count). The van der Waals surface area contributed by atoms with Crippen molar-refractivity contribution < 1.29 is 40.8 Å². The number of fused-ring (bicyclic) bond motifs is 12. The van der Waals surface area contributed by atoms with Crippen molar-refractivity contribution in [2.24, 2.45) is 0 Å². The van der Waals surface area contributed by atoms with Gasteiger partial charge in [-0.3, -0.25) is 0 Å². The molecule has 368 valence electrons. The Kier molecular flexibility index (Phi) is 8.33. The van der Waals surface area contributed by atoms with Crippen LogP contribution in [0.25, 0.3) is 142 Å². The number of benzene rings is 14. The maximum atomic E-state index is 9.24. The van der Waals surface area contributed by atoms with Crippen LogP contribution in [0.3, 0.4) is 0 Å². The van der Waals surface area contributed by atoms with Crippen molar-refractivity contribution in [1.82, 2.24) is 0 Å². The van der Waals surface area contributed by atoms with E-state index in [2.05, 4.69) is 15.9 Å². The van der Waals surface area contributed by atoms with Crippen molar-refractivity contribution >= 4 is 137 Å². The van der Waals surface area contributed by atoms with Crippen LogP contribution in [0.15, 0.2) is 280 Å². The minimum absolute atomic E-state index is 0.162. The molecular weight excluding hydrogens is 1020 g/mol. The second-order valence-electron chi connectivity index (χ2n) is 18.5. The van der Waals surface area contributed by atoms with E-state index in [4.69, 9.17) is 25.3 Å². The molecule has 2 N–H and O–H groups in total. The molecule has 4 nitrogen and oxygen atoms in total. The molecule has 0 unspecified atom stereocenters. The molecular formula is C72H46BBrO4. The Labute approximate surface area is 480 Å². The molecule has 0 spiro atoms. The molecule has 0 bridgehead atoms. The van der Waals surface area contributed by atoms with Gasteiger partial charge in [0.05, 0.1) is 21.9 Å². The third-order valence-corrected chi connectivity index (χ3v) is 15.0. The highest BCUT2D eigenvalue weighted by molar-refractivity contribution is 9.10. The Bertz CT molecular complexity index is 5800. The van der Waals surface area contributed by atoms with Crippen molar-refractivity contribution in [1.29, 1.82) is 0 Å². The smallest absolute Gasteiger partial charge is 0.456 e. The second-order valence-corrected chi connectivity index (χ2v) is 19.3. The van der Waals surface area contributed by atoms with Crippen LogP contribution in [0.5, 0.6) is 0 Å². The molecule has 0 saturated carbocycles. The van der Waals surface area contributed by atoms with Gasteiger partial charge in [0.15, 0.2) is 0 Å². The van der Waals surface area contributed by atoms with Crippen LogP contribution in [0.4, 0.5) is 0 Å². The molecule has 0 amide bonds. The molecule has 0 aliphatic carbocycles. The molecule has 6 heteroatoms. The van der Waals surface area contributed by atoms with E-state index in [9.17, 15) is 15.5 Å². The van der Waals surface area contributed by atoms with Crippen LogP contribution >= 0.6 is 15.9 Å². The summed E-state index contributed by atoms with van der Waals surface area (Å²) in [4.78, 5) is 0. The van der Waals surface area contributed by atoms with Crippen LogP contribution in [0, 0.1) is 0 Å². The predicted octanol–water partition coefficient (Wildman–Crippen LogP) is 19.2. The maximum absolute atomic E-state index is 9.24. The lowest BCUT2D eigenvalue weighted by Crippen LogP contribution is -2.29. The zero-order chi connectivity index (χ0) is 66.2. The molecule has 2 aromatic heterocycles. The molecule has 0 aliphatic heterocycles. The highest BCUT2D eigenvalue weighted by Crippen LogP contribution is 2.48. The van der Waals surface area contributed by atoms with Gasteiger partial charge >= 0.3 is 7.12 Å². The summed E-state index contributed by atoms with van der Waals surface area (Å²) in [7, 11) is -1.51. The largest absolute Gasteiger partial charge is 0.492 e. The Hall–Kier alpha value is -9.30. The van der Waals surface area contributed by atoms with Crippen LogP contribution in [0.1, 0.15) is 21.9 Å². The van der Waals surface area contributed by atoms with Crippen LogP contribution in [-0.4, -0.2) is 17.2 Å². The number of furan rings is 2. The van der Waals surface area contributed by atoms with E-state index in [1.807, 2.05) is 152 Å². The summed E-state index contributed by atoms with van der Waals surface area (Å²) in [6, 6.07) is 46.8. The minimum Gasteiger partial charge on any atom is -0.456 e. The Morgan fingerprint density at radius 3 is 1.10 bits per heavy atom. The molecule has 78 heavy (non-hydrogen) atoms. The third kappa shape index (κ3) is 7.92. The van der Waals surface area contributed by atoms with E-state index in [1.165, 1.54) is 0 Å². The zero-order valence-corrected chi connectivity index (χ0v) is 42.4. The monoisotopic (exact) mass is 1080 g/mol. The average molecular weight is 1080 g/mol. The van der Waals surface area contributed by atoms with E-state index in [-0.39, 0.29) is 101 Å². The summed E-state index contributed by atoms with van der Waals surface area (Å²) in [6.45, 7) is 0. The number of halogens is 1. The first-order valence-corrected chi connectivity index (χ1v) is 25.6. The fourth-order valence-corrected chi connectivity index (χ4v) is 11.4. The first-order chi connectivity index (χ1) is 45.1. The Balaban J connectivity index is 0.000000135. The summed E-state index contributed by atoms with van der Waals surface area (Å²) < 4.78 is 151. The van der Waals surface area contributed by atoms with E-state index in [0.29, 0.717) is 50.0 Å². The molecule has 0 atom stereocenters. The second kappa shape index (κ2) is 19.7. The lowest BCUT2D eigenvalue weighted by atomic mass is 9.79. The van der Waals surface area contributed by atoms with Gasteiger partial charge in [0.25, 0.3) is 0 Å². The molecule has 14 aromatic carbocycles. The number of hydrogen-bond acceptors (Lipinski definition) is 4. The summed E-state index contributed by atoms with van der Waals surface area (Å²) in [5.74, 6) is 0. The van der Waals surface area contributed by atoms with Crippen LogP contribution in [-0.2, 0) is 0 Å². The summed E-state index contributed by atoms with van der Waals surface area (Å²) >= 11 is 3.43. The highest BCUT2D eigenvalue weighted by atomic mass is 79.9. The van der Waals surface area contributed by atoms with Crippen LogP contribution in [0.2, 0.25) is 0 Å².